The molecule has 8 nitrogen and oxygen atoms in total. The van der Waals surface area contributed by atoms with Crippen molar-refractivity contribution in [1.82, 2.24) is 10.2 Å². The van der Waals surface area contributed by atoms with Crippen molar-refractivity contribution in [1.29, 1.82) is 5.26 Å². The number of rotatable bonds is 5. The average molecular weight is 533 g/mol. The minimum Gasteiger partial charge on any atom is -0.444 e. The minimum atomic E-state index is -0.961. The smallest absolute Gasteiger partial charge is 0.411 e. The summed E-state index contributed by atoms with van der Waals surface area (Å²) >= 11 is 0. The normalized spacial score (nSPS) is 22.5. The first-order valence-electron chi connectivity index (χ1n) is 13.3. The predicted molar refractivity (Wildman–Crippen MR) is 143 cm³/mol. The van der Waals surface area contributed by atoms with E-state index >= 15 is 4.39 Å². The molecule has 4 unspecified atom stereocenters. The van der Waals surface area contributed by atoms with Crippen molar-refractivity contribution >= 4 is 23.6 Å². The molecule has 3 amide bonds. The van der Waals surface area contributed by atoms with E-state index in [1.54, 1.807) is 44.9 Å². The van der Waals surface area contributed by atoms with E-state index in [0.29, 0.717) is 17.5 Å². The molecule has 1 aliphatic carbocycles. The third-order valence-corrected chi connectivity index (χ3v) is 7.90. The Morgan fingerprint density at radius 1 is 1.18 bits per heavy atom. The van der Waals surface area contributed by atoms with Gasteiger partial charge in [-0.15, -0.1) is 0 Å². The van der Waals surface area contributed by atoms with Gasteiger partial charge in [-0.3, -0.25) is 14.5 Å². The number of nitriles is 1. The molecule has 39 heavy (non-hydrogen) atoms. The maximum absolute atomic E-state index is 15.2. The molecule has 2 aromatic carbocycles. The summed E-state index contributed by atoms with van der Waals surface area (Å²) in [5.74, 6) is -0.858. The van der Waals surface area contributed by atoms with Crippen LogP contribution in [0.3, 0.4) is 0 Å². The maximum Gasteiger partial charge on any atom is 0.411 e. The second-order valence-electron chi connectivity index (χ2n) is 11.7. The van der Waals surface area contributed by atoms with Crippen molar-refractivity contribution in [3.05, 3.63) is 53.3 Å². The number of ether oxygens (including phenoxy) is 1. The fraction of sp³-hybridized carbons (Fsp3) is 0.467. The quantitative estimate of drug-likeness (QED) is 0.617. The van der Waals surface area contributed by atoms with Crippen LogP contribution in [0.25, 0.3) is 11.1 Å². The predicted octanol–water partition coefficient (Wildman–Crippen LogP) is 4.35. The van der Waals surface area contributed by atoms with Crippen molar-refractivity contribution in [3.8, 4) is 17.2 Å². The molecule has 2 aromatic rings. The zero-order valence-corrected chi connectivity index (χ0v) is 22.7. The largest absolute Gasteiger partial charge is 0.444 e. The number of fused-ring (bicyclic) bond motifs is 3. The summed E-state index contributed by atoms with van der Waals surface area (Å²) in [5.41, 5.74) is 2.80. The van der Waals surface area contributed by atoms with Crippen LogP contribution < -0.4 is 10.2 Å². The Labute approximate surface area is 227 Å². The van der Waals surface area contributed by atoms with E-state index in [0.717, 1.165) is 36.1 Å². The number of nitrogens with zero attached hydrogens (tertiary/aromatic N) is 3. The Bertz CT molecular complexity index is 1380. The van der Waals surface area contributed by atoms with Crippen molar-refractivity contribution in [2.45, 2.75) is 76.6 Å². The lowest BCUT2D eigenvalue weighted by Gasteiger charge is -2.35. The zero-order valence-electron chi connectivity index (χ0n) is 22.7. The first-order valence-corrected chi connectivity index (χ1v) is 13.3. The summed E-state index contributed by atoms with van der Waals surface area (Å²) < 4.78 is 20.7. The van der Waals surface area contributed by atoms with Crippen molar-refractivity contribution in [2.75, 3.05) is 11.9 Å². The number of likely N-dealkylation sites (tertiary alicyclic amines) is 1. The molecule has 2 fully saturated rings. The van der Waals surface area contributed by atoms with E-state index in [-0.39, 0.29) is 24.3 Å². The van der Waals surface area contributed by atoms with Gasteiger partial charge in [0, 0.05) is 25.2 Å². The van der Waals surface area contributed by atoms with Crippen LogP contribution in [0.5, 0.6) is 0 Å². The van der Waals surface area contributed by atoms with Gasteiger partial charge >= 0.3 is 6.09 Å². The van der Waals surface area contributed by atoms with Crippen LogP contribution in [0.2, 0.25) is 0 Å². The molecule has 0 radical (unpaired) electrons. The van der Waals surface area contributed by atoms with Crippen LogP contribution in [-0.2, 0) is 27.2 Å². The Morgan fingerprint density at radius 2 is 1.90 bits per heavy atom. The number of carbonyl (C=O) groups excluding carboxylic acids is 3. The number of piperidine rings is 1. The SMILES string of the molecule is CN1C(=O)Cc2ccc(-c3ccc(CC(C#N)NC(=O)C4C5CCC(C5)N4C(=O)OC(C)(C)C)c(F)c3)cc21. The van der Waals surface area contributed by atoms with Gasteiger partial charge in [-0.1, -0.05) is 24.3 Å². The molecular formula is C30H33FN4O4. The van der Waals surface area contributed by atoms with E-state index in [1.807, 2.05) is 18.2 Å². The number of nitrogens with one attached hydrogen (secondary N) is 1. The molecule has 0 aromatic heterocycles. The summed E-state index contributed by atoms with van der Waals surface area (Å²) in [4.78, 5) is 41.3. The van der Waals surface area contributed by atoms with E-state index in [1.165, 1.54) is 11.0 Å². The first-order chi connectivity index (χ1) is 18.4. The van der Waals surface area contributed by atoms with Gasteiger partial charge in [0.1, 0.15) is 23.5 Å². The molecule has 3 aliphatic rings. The third kappa shape index (κ3) is 5.20. The molecule has 2 heterocycles. The van der Waals surface area contributed by atoms with E-state index in [9.17, 15) is 19.6 Å². The monoisotopic (exact) mass is 532 g/mol. The summed E-state index contributed by atoms with van der Waals surface area (Å²) in [6.45, 7) is 5.34. The standard InChI is InChI=1S/C30H33FN4O4/c1-30(2,3)39-29(38)35-23-10-9-21(12-23)27(35)28(37)33-22(16-32)11-19-7-5-17(13-24(19)31)18-6-8-20-15-26(36)34(4)25(20)14-18/h5-8,13-14,21-23,27H,9-12,15H2,1-4H3,(H,33,37). The number of benzene rings is 2. The molecule has 204 valence electrons. The molecule has 9 heteroatoms. The van der Waals surface area contributed by atoms with Crippen molar-refractivity contribution < 1.29 is 23.5 Å². The molecule has 2 bridgehead atoms. The Hall–Kier alpha value is -3.93. The summed E-state index contributed by atoms with van der Waals surface area (Å²) in [6.07, 6.45) is 2.22. The lowest BCUT2D eigenvalue weighted by molar-refractivity contribution is -0.128. The van der Waals surface area contributed by atoms with Gasteiger partial charge in [0.2, 0.25) is 11.8 Å². The van der Waals surface area contributed by atoms with Crippen LogP contribution in [0.1, 0.15) is 51.2 Å². The molecule has 1 N–H and O–H groups in total. The lowest BCUT2D eigenvalue weighted by Crippen LogP contribution is -2.55. The lowest BCUT2D eigenvalue weighted by atomic mass is 9.96. The summed E-state index contributed by atoms with van der Waals surface area (Å²) in [5, 5.41) is 12.5. The topological polar surface area (TPSA) is 103 Å². The Balaban J connectivity index is 1.28. The second kappa shape index (κ2) is 9.99. The van der Waals surface area contributed by atoms with Crippen molar-refractivity contribution in [2.24, 2.45) is 5.92 Å². The highest BCUT2D eigenvalue weighted by atomic mass is 19.1. The van der Waals surface area contributed by atoms with Crippen LogP contribution >= 0.6 is 0 Å². The highest BCUT2D eigenvalue weighted by molar-refractivity contribution is 6.01. The number of hydrogen-bond acceptors (Lipinski definition) is 5. The number of hydrogen-bond donors (Lipinski definition) is 1. The van der Waals surface area contributed by atoms with Gasteiger partial charge in [-0.2, -0.15) is 5.26 Å². The van der Waals surface area contributed by atoms with Crippen LogP contribution in [0.4, 0.5) is 14.9 Å². The fourth-order valence-electron chi connectivity index (χ4n) is 6.02. The first kappa shape index (κ1) is 26.7. The molecule has 4 atom stereocenters. The van der Waals surface area contributed by atoms with Crippen LogP contribution in [0, 0.1) is 23.1 Å². The fourth-order valence-corrected chi connectivity index (χ4v) is 6.02. The summed E-state index contributed by atoms with van der Waals surface area (Å²) in [7, 11) is 1.72. The second-order valence-corrected chi connectivity index (χ2v) is 11.7. The average Bonchev–Trinajstić information content (AvgIpc) is 3.57. The molecule has 1 saturated heterocycles. The molecule has 5 rings (SSSR count). The van der Waals surface area contributed by atoms with Gasteiger partial charge < -0.3 is 15.0 Å². The van der Waals surface area contributed by atoms with Crippen molar-refractivity contribution in [3.63, 3.8) is 0 Å². The number of likely N-dealkylation sites (N-methyl/N-ethyl adjacent to an activating group) is 1. The number of amides is 3. The molecule has 1 saturated carbocycles. The number of carbonyl (C=O) groups is 3. The Kier molecular flexibility index (Phi) is 6.83. The molecular weight excluding hydrogens is 499 g/mol. The van der Waals surface area contributed by atoms with Gasteiger partial charge in [0.25, 0.3) is 0 Å². The van der Waals surface area contributed by atoms with Gasteiger partial charge in [0.05, 0.1) is 12.5 Å². The Morgan fingerprint density at radius 3 is 2.59 bits per heavy atom. The van der Waals surface area contributed by atoms with Crippen LogP contribution in [-0.4, -0.2) is 53.6 Å². The highest BCUT2D eigenvalue weighted by Crippen LogP contribution is 2.43. The maximum atomic E-state index is 15.2. The van der Waals surface area contributed by atoms with E-state index in [4.69, 9.17) is 4.74 Å². The van der Waals surface area contributed by atoms with Gasteiger partial charge in [-0.25, -0.2) is 9.18 Å². The van der Waals surface area contributed by atoms with Gasteiger partial charge in [0.15, 0.2) is 0 Å². The van der Waals surface area contributed by atoms with Crippen LogP contribution in [0.15, 0.2) is 36.4 Å². The van der Waals surface area contributed by atoms with E-state index < -0.39 is 35.5 Å². The molecule has 2 aliphatic heterocycles. The summed E-state index contributed by atoms with van der Waals surface area (Å²) in [6, 6.07) is 10.8. The molecule has 0 spiro atoms. The van der Waals surface area contributed by atoms with Gasteiger partial charge in [-0.05, 0) is 80.3 Å². The highest BCUT2D eigenvalue weighted by Gasteiger charge is 2.52. The van der Waals surface area contributed by atoms with E-state index in [2.05, 4.69) is 11.4 Å². The number of halogens is 1. The third-order valence-electron chi connectivity index (χ3n) is 7.90. The minimum absolute atomic E-state index is 0.0109. The zero-order chi connectivity index (χ0) is 28.1. The number of anilines is 1.